The fourth-order valence-corrected chi connectivity index (χ4v) is 5.56. The average molecular weight is 533 g/mol. The second-order valence-corrected chi connectivity index (χ2v) is 9.56. The Morgan fingerprint density at radius 3 is 2.14 bits per heavy atom. The summed E-state index contributed by atoms with van der Waals surface area (Å²) < 4.78 is 29.8. The molecular weight excluding hydrogens is 508 g/mol. The van der Waals surface area contributed by atoms with Crippen LogP contribution in [0, 0.1) is 0 Å². The van der Waals surface area contributed by atoms with Gasteiger partial charge in [-0.1, -0.05) is 41.9 Å². The van der Waals surface area contributed by atoms with Gasteiger partial charge in [0.15, 0.2) is 17.2 Å². The van der Waals surface area contributed by atoms with Crippen LogP contribution in [0.25, 0.3) is 20.5 Å². The smallest absolute Gasteiger partial charge is 0.180 e. The van der Waals surface area contributed by atoms with Crippen molar-refractivity contribution >= 4 is 33.0 Å². The summed E-state index contributed by atoms with van der Waals surface area (Å²) in [5, 5.41) is 1.41. The first kappa shape index (κ1) is 24.8. The number of hydrogen-bond donors (Lipinski definition) is 0. The largest absolute Gasteiger partial charge is 0.497 e. The van der Waals surface area contributed by atoms with Gasteiger partial charge in [-0.15, -0.1) is 11.3 Å². The summed E-state index contributed by atoms with van der Waals surface area (Å²) in [7, 11) is 4.81. The zero-order chi connectivity index (χ0) is 25.8. The summed E-state index contributed by atoms with van der Waals surface area (Å²) >= 11 is 8.37. The fraction of sp³-hybridized carbons (Fsp3) is 0.133. The summed E-state index contributed by atoms with van der Waals surface area (Å²) in [4.78, 5) is 0.874. The Morgan fingerprint density at radius 2 is 1.43 bits per heavy atom. The summed E-state index contributed by atoms with van der Waals surface area (Å²) in [5.74, 6) is 3.95. The Balaban J connectivity index is 1.50. The lowest BCUT2D eigenvalue weighted by Crippen LogP contribution is -1.95. The zero-order valence-corrected chi connectivity index (χ0v) is 22.2. The lowest BCUT2D eigenvalue weighted by molar-refractivity contribution is 0.306. The molecule has 0 atom stereocenters. The molecule has 1 heterocycles. The quantitative estimate of drug-likeness (QED) is 0.190. The van der Waals surface area contributed by atoms with Crippen molar-refractivity contribution in [3.63, 3.8) is 0 Å². The molecule has 0 bridgehead atoms. The third kappa shape index (κ3) is 5.17. The van der Waals surface area contributed by atoms with Crippen molar-refractivity contribution in [1.82, 2.24) is 0 Å². The molecule has 5 nitrogen and oxygen atoms in total. The van der Waals surface area contributed by atoms with Crippen LogP contribution in [0.2, 0.25) is 5.02 Å². The third-order valence-electron chi connectivity index (χ3n) is 5.87. The SMILES string of the molecule is COc1ccc2c(Oc3ccc(OCc4ccccc4)cc3)c(-c3ccc(OC)c(OC)c3Cl)sc2c1. The van der Waals surface area contributed by atoms with Gasteiger partial charge in [-0.3, -0.25) is 0 Å². The average Bonchev–Trinajstić information content (AvgIpc) is 3.29. The number of thiophene rings is 1. The van der Waals surface area contributed by atoms with Gasteiger partial charge < -0.3 is 23.7 Å². The van der Waals surface area contributed by atoms with Gasteiger partial charge in [0.25, 0.3) is 0 Å². The first-order valence-corrected chi connectivity index (χ1v) is 12.8. The van der Waals surface area contributed by atoms with E-state index in [1.54, 1.807) is 32.7 Å². The maximum Gasteiger partial charge on any atom is 0.180 e. The molecule has 0 spiro atoms. The van der Waals surface area contributed by atoms with Crippen LogP contribution in [0.15, 0.2) is 84.9 Å². The van der Waals surface area contributed by atoms with Crippen LogP contribution in [0.3, 0.4) is 0 Å². The van der Waals surface area contributed by atoms with E-state index in [1.807, 2.05) is 84.9 Å². The normalized spacial score (nSPS) is 10.8. The van der Waals surface area contributed by atoms with Gasteiger partial charge in [-0.2, -0.15) is 0 Å². The molecule has 5 rings (SSSR count). The number of methoxy groups -OCH3 is 3. The zero-order valence-electron chi connectivity index (χ0n) is 20.6. The van der Waals surface area contributed by atoms with Crippen molar-refractivity contribution in [2.45, 2.75) is 6.61 Å². The number of hydrogen-bond acceptors (Lipinski definition) is 6. The van der Waals surface area contributed by atoms with Crippen molar-refractivity contribution in [2.75, 3.05) is 21.3 Å². The van der Waals surface area contributed by atoms with Crippen LogP contribution in [0.5, 0.6) is 34.5 Å². The predicted octanol–water partition coefficient (Wildman–Crippen LogP) is 8.62. The van der Waals surface area contributed by atoms with E-state index in [0.717, 1.165) is 37.6 Å². The molecule has 0 unspecified atom stereocenters. The fourth-order valence-electron chi connectivity index (χ4n) is 3.99. The second kappa shape index (κ2) is 11.0. The van der Waals surface area contributed by atoms with Crippen LogP contribution in [0.4, 0.5) is 0 Å². The Kier molecular flexibility index (Phi) is 7.40. The molecule has 0 saturated heterocycles. The first-order valence-electron chi connectivity index (χ1n) is 11.6. The molecule has 0 N–H and O–H groups in total. The predicted molar refractivity (Wildman–Crippen MR) is 149 cm³/mol. The van der Waals surface area contributed by atoms with Gasteiger partial charge in [0.2, 0.25) is 0 Å². The van der Waals surface area contributed by atoms with Crippen LogP contribution in [0.1, 0.15) is 5.56 Å². The van der Waals surface area contributed by atoms with Gasteiger partial charge in [-0.25, -0.2) is 0 Å². The van der Waals surface area contributed by atoms with Crippen molar-refractivity contribution in [3.8, 4) is 44.9 Å². The summed E-state index contributed by atoms with van der Waals surface area (Å²) in [6, 6.07) is 27.3. The number of benzene rings is 4. The van der Waals surface area contributed by atoms with Crippen LogP contribution in [-0.2, 0) is 6.61 Å². The number of rotatable bonds is 9. The molecule has 188 valence electrons. The summed E-state index contributed by atoms with van der Waals surface area (Å²) in [6.07, 6.45) is 0. The van der Waals surface area contributed by atoms with Crippen molar-refractivity contribution < 1.29 is 23.7 Å². The summed E-state index contributed by atoms with van der Waals surface area (Å²) in [5.41, 5.74) is 1.90. The monoisotopic (exact) mass is 532 g/mol. The van der Waals surface area contributed by atoms with Crippen molar-refractivity contribution in [3.05, 3.63) is 95.5 Å². The van der Waals surface area contributed by atoms with Gasteiger partial charge in [0.1, 0.15) is 23.9 Å². The van der Waals surface area contributed by atoms with Crippen LogP contribution < -0.4 is 23.7 Å². The molecule has 7 heteroatoms. The Bertz CT molecular complexity index is 1510. The lowest BCUT2D eigenvalue weighted by atomic mass is 10.1. The maximum atomic E-state index is 6.80. The van der Waals surface area contributed by atoms with E-state index < -0.39 is 0 Å². The topological polar surface area (TPSA) is 46.2 Å². The Labute approximate surface area is 224 Å². The molecule has 0 fully saturated rings. The van der Waals surface area contributed by atoms with Crippen LogP contribution >= 0.6 is 22.9 Å². The molecule has 0 amide bonds. The minimum Gasteiger partial charge on any atom is -0.497 e. The highest BCUT2D eigenvalue weighted by Crippen LogP contribution is 2.51. The highest BCUT2D eigenvalue weighted by atomic mass is 35.5. The molecule has 0 aliphatic rings. The Morgan fingerprint density at radius 1 is 0.703 bits per heavy atom. The van der Waals surface area contributed by atoms with Gasteiger partial charge in [0, 0.05) is 15.6 Å². The molecule has 4 aromatic carbocycles. The first-order chi connectivity index (χ1) is 18.1. The number of halogens is 1. The highest BCUT2D eigenvalue weighted by Gasteiger charge is 2.22. The molecule has 1 aromatic heterocycles. The lowest BCUT2D eigenvalue weighted by Gasteiger charge is -2.14. The summed E-state index contributed by atoms with van der Waals surface area (Å²) in [6.45, 7) is 0.500. The minimum atomic E-state index is 0.454. The number of fused-ring (bicyclic) bond motifs is 1. The Hall–Kier alpha value is -3.87. The van der Waals surface area contributed by atoms with Gasteiger partial charge >= 0.3 is 0 Å². The second-order valence-electron chi connectivity index (χ2n) is 8.13. The van der Waals surface area contributed by atoms with E-state index in [-0.39, 0.29) is 0 Å². The van der Waals surface area contributed by atoms with Crippen molar-refractivity contribution in [2.24, 2.45) is 0 Å². The minimum absolute atomic E-state index is 0.454. The molecule has 0 aliphatic heterocycles. The van der Waals surface area contributed by atoms with E-state index in [1.165, 1.54) is 0 Å². The van der Waals surface area contributed by atoms with E-state index in [9.17, 15) is 0 Å². The van der Waals surface area contributed by atoms with Gasteiger partial charge in [-0.05, 0) is 60.2 Å². The third-order valence-corrected chi connectivity index (χ3v) is 7.42. The number of ether oxygens (including phenoxy) is 5. The molecule has 0 radical (unpaired) electrons. The standard InChI is InChI=1S/C30H25ClO5S/c1-32-22-13-14-23-26(17-22)37-30(24-15-16-25(33-2)29(34-3)27(24)31)28(23)36-21-11-9-20(10-12-21)35-18-19-7-5-4-6-8-19/h4-17H,18H2,1-3H3. The molecular formula is C30H25ClO5S. The van der Waals surface area contributed by atoms with Gasteiger partial charge in [0.05, 0.1) is 31.2 Å². The highest BCUT2D eigenvalue weighted by molar-refractivity contribution is 7.22. The molecule has 0 aliphatic carbocycles. The molecule has 37 heavy (non-hydrogen) atoms. The molecule has 5 aromatic rings. The molecule has 0 saturated carbocycles. The van der Waals surface area contributed by atoms with E-state index >= 15 is 0 Å². The van der Waals surface area contributed by atoms with E-state index in [2.05, 4.69) is 0 Å². The van der Waals surface area contributed by atoms with Crippen molar-refractivity contribution in [1.29, 1.82) is 0 Å². The van der Waals surface area contributed by atoms with E-state index in [0.29, 0.717) is 34.6 Å². The van der Waals surface area contributed by atoms with E-state index in [4.69, 9.17) is 35.3 Å². The maximum absolute atomic E-state index is 6.80. The van der Waals surface area contributed by atoms with Crippen LogP contribution in [-0.4, -0.2) is 21.3 Å².